The number of hydrogen-bond acceptors (Lipinski definition) is 5. The van der Waals surface area contributed by atoms with Crippen molar-refractivity contribution in [3.05, 3.63) is 18.2 Å². The molecule has 1 aromatic rings. The third-order valence-electron chi connectivity index (χ3n) is 6.76. The van der Waals surface area contributed by atoms with Gasteiger partial charge in [-0.25, -0.2) is 4.79 Å². The summed E-state index contributed by atoms with van der Waals surface area (Å²) in [6, 6.07) is 6.60. The van der Waals surface area contributed by atoms with Gasteiger partial charge in [-0.15, -0.1) is 0 Å². The molecule has 26 heavy (non-hydrogen) atoms. The summed E-state index contributed by atoms with van der Waals surface area (Å²) in [7, 11) is 0. The van der Waals surface area contributed by atoms with E-state index in [9.17, 15) is 4.79 Å². The van der Waals surface area contributed by atoms with E-state index in [0.717, 1.165) is 6.42 Å². The highest BCUT2D eigenvalue weighted by atomic mass is 16.7. The number of anilines is 1. The number of ether oxygens (including phenoxy) is 3. The topological polar surface area (TPSA) is 60.0 Å². The number of fused-ring (bicyclic) bond motifs is 5. The Kier molecular flexibility index (Phi) is 3.96. The van der Waals surface area contributed by atoms with Crippen molar-refractivity contribution in [2.75, 3.05) is 18.7 Å². The summed E-state index contributed by atoms with van der Waals surface area (Å²) >= 11 is 0. The molecule has 1 N–H and O–H groups in total. The lowest BCUT2D eigenvalue weighted by molar-refractivity contribution is -0.00871. The fourth-order valence-corrected chi connectivity index (χ4v) is 5.48. The molecule has 1 aliphatic carbocycles. The number of rotatable bonds is 2. The van der Waals surface area contributed by atoms with E-state index in [2.05, 4.69) is 17.1 Å². The lowest BCUT2D eigenvalue weighted by atomic mass is 9.81. The lowest BCUT2D eigenvalue weighted by Crippen LogP contribution is -2.54. The van der Waals surface area contributed by atoms with E-state index in [4.69, 9.17) is 14.2 Å². The highest BCUT2D eigenvalue weighted by Crippen LogP contribution is 2.48. The second-order valence-electron chi connectivity index (χ2n) is 8.07. The molecule has 1 aromatic carbocycles. The minimum absolute atomic E-state index is 0.0320. The van der Waals surface area contributed by atoms with E-state index in [0.29, 0.717) is 41.1 Å². The molecule has 2 bridgehead atoms. The number of hydrogen-bond donors (Lipinski definition) is 1. The molecule has 6 nitrogen and oxygen atoms in total. The van der Waals surface area contributed by atoms with Gasteiger partial charge in [0.25, 0.3) is 0 Å². The van der Waals surface area contributed by atoms with Gasteiger partial charge in [0, 0.05) is 29.8 Å². The molecule has 2 saturated heterocycles. The summed E-state index contributed by atoms with van der Waals surface area (Å²) in [5, 5.41) is 2.85. The van der Waals surface area contributed by atoms with Gasteiger partial charge in [0.15, 0.2) is 11.5 Å². The van der Waals surface area contributed by atoms with Crippen LogP contribution in [0.2, 0.25) is 0 Å². The van der Waals surface area contributed by atoms with Gasteiger partial charge in [0.2, 0.25) is 6.79 Å². The van der Waals surface area contributed by atoms with E-state index in [1.54, 1.807) is 6.07 Å². The first-order valence-corrected chi connectivity index (χ1v) is 9.82. The minimum atomic E-state index is -0.364. The van der Waals surface area contributed by atoms with Crippen molar-refractivity contribution in [3.8, 4) is 11.5 Å². The number of nitrogens with one attached hydrogen (secondary N) is 1. The lowest BCUT2D eigenvalue weighted by Gasteiger charge is -2.47. The zero-order valence-corrected chi connectivity index (χ0v) is 15.1. The van der Waals surface area contributed by atoms with Gasteiger partial charge in [0.1, 0.15) is 6.10 Å². The Morgan fingerprint density at radius 2 is 2.12 bits per heavy atom. The number of amides is 1. The first-order chi connectivity index (χ1) is 12.7. The molecule has 140 valence electrons. The SMILES string of the molecule is C[C@H]1[C@@H]2C[C@H]([C@H]3CCCCN31)[C@H](OC(=O)Nc1ccc3c(c1)OCO3)C2. The van der Waals surface area contributed by atoms with Crippen molar-refractivity contribution >= 4 is 11.8 Å². The molecule has 0 aromatic heterocycles. The van der Waals surface area contributed by atoms with Crippen LogP contribution < -0.4 is 14.8 Å². The summed E-state index contributed by atoms with van der Waals surface area (Å²) in [5.41, 5.74) is 0.674. The average molecular weight is 358 g/mol. The molecule has 0 spiro atoms. The van der Waals surface area contributed by atoms with Crippen LogP contribution in [0.1, 0.15) is 39.0 Å². The molecule has 3 fully saturated rings. The Labute approximate surface area is 153 Å². The van der Waals surface area contributed by atoms with Gasteiger partial charge in [-0.05, 0) is 57.2 Å². The van der Waals surface area contributed by atoms with Crippen LogP contribution in [0.25, 0.3) is 0 Å². The molecule has 1 saturated carbocycles. The second kappa shape index (κ2) is 6.34. The standard InChI is InChI=1S/C20H26N2O4/c1-12-13-8-15(16-4-2-3-7-22(12)16)18(9-13)26-20(23)21-14-5-6-17-19(10-14)25-11-24-17/h5-6,10,12-13,15-16,18H,2-4,7-9,11H2,1H3,(H,21,23)/t12-,13+,15+,16+,18+/m0/s1. The Bertz CT molecular complexity index is 709. The van der Waals surface area contributed by atoms with Crippen molar-refractivity contribution < 1.29 is 19.0 Å². The van der Waals surface area contributed by atoms with Gasteiger partial charge in [-0.1, -0.05) is 6.42 Å². The quantitative estimate of drug-likeness (QED) is 0.875. The van der Waals surface area contributed by atoms with Crippen molar-refractivity contribution in [1.82, 2.24) is 4.90 Å². The Hall–Kier alpha value is -1.95. The maximum atomic E-state index is 12.5. The second-order valence-corrected chi connectivity index (χ2v) is 8.07. The normalized spacial score (nSPS) is 35.0. The fourth-order valence-electron chi connectivity index (χ4n) is 5.48. The zero-order valence-electron chi connectivity index (χ0n) is 15.1. The fraction of sp³-hybridized carbons (Fsp3) is 0.650. The third-order valence-corrected chi connectivity index (χ3v) is 6.76. The molecular weight excluding hydrogens is 332 g/mol. The van der Waals surface area contributed by atoms with Crippen LogP contribution in [-0.2, 0) is 4.74 Å². The third kappa shape index (κ3) is 2.71. The number of nitrogens with zero attached hydrogens (tertiary/aromatic N) is 1. The molecule has 3 aliphatic heterocycles. The summed E-state index contributed by atoms with van der Waals surface area (Å²) in [6.07, 6.45) is 5.70. The predicted octanol–water partition coefficient (Wildman–Crippen LogP) is 3.62. The van der Waals surface area contributed by atoms with Gasteiger partial charge in [0.05, 0.1) is 0 Å². The molecule has 0 unspecified atom stereocenters. The van der Waals surface area contributed by atoms with Crippen LogP contribution in [0, 0.1) is 11.8 Å². The summed E-state index contributed by atoms with van der Waals surface area (Å²) < 4.78 is 16.6. The van der Waals surface area contributed by atoms with Gasteiger partial charge >= 0.3 is 6.09 Å². The molecule has 4 aliphatic rings. The average Bonchev–Trinajstić information content (AvgIpc) is 3.25. The Morgan fingerprint density at radius 3 is 3.04 bits per heavy atom. The highest BCUT2D eigenvalue weighted by molar-refractivity contribution is 5.85. The van der Waals surface area contributed by atoms with E-state index in [1.165, 1.54) is 32.2 Å². The van der Waals surface area contributed by atoms with E-state index >= 15 is 0 Å². The monoisotopic (exact) mass is 358 g/mol. The summed E-state index contributed by atoms with van der Waals surface area (Å²) in [5.74, 6) is 2.50. The van der Waals surface area contributed by atoms with Crippen molar-refractivity contribution in [3.63, 3.8) is 0 Å². The van der Waals surface area contributed by atoms with Crippen LogP contribution in [0.15, 0.2) is 18.2 Å². The molecule has 1 amide bonds. The summed E-state index contributed by atoms with van der Waals surface area (Å²) in [6.45, 7) is 3.79. The molecule has 5 rings (SSSR count). The van der Waals surface area contributed by atoms with Crippen molar-refractivity contribution in [2.24, 2.45) is 11.8 Å². The largest absolute Gasteiger partial charge is 0.454 e. The molecule has 0 radical (unpaired) electrons. The van der Waals surface area contributed by atoms with Crippen molar-refractivity contribution in [1.29, 1.82) is 0 Å². The van der Waals surface area contributed by atoms with Gasteiger partial charge < -0.3 is 14.2 Å². The van der Waals surface area contributed by atoms with E-state index in [-0.39, 0.29) is 19.0 Å². The number of benzene rings is 1. The Morgan fingerprint density at radius 1 is 1.23 bits per heavy atom. The van der Waals surface area contributed by atoms with Gasteiger partial charge in [-0.3, -0.25) is 10.2 Å². The first kappa shape index (κ1) is 16.2. The van der Waals surface area contributed by atoms with Crippen LogP contribution in [0.4, 0.5) is 10.5 Å². The molecular formula is C20H26N2O4. The van der Waals surface area contributed by atoms with Gasteiger partial charge in [-0.2, -0.15) is 0 Å². The Balaban J connectivity index is 1.25. The number of carbonyl (C=O) groups is 1. The van der Waals surface area contributed by atoms with Crippen LogP contribution in [0.3, 0.4) is 0 Å². The summed E-state index contributed by atoms with van der Waals surface area (Å²) in [4.78, 5) is 15.2. The van der Waals surface area contributed by atoms with Crippen LogP contribution >= 0.6 is 0 Å². The first-order valence-electron chi connectivity index (χ1n) is 9.82. The smallest absolute Gasteiger partial charge is 0.411 e. The maximum Gasteiger partial charge on any atom is 0.411 e. The van der Waals surface area contributed by atoms with Crippen LogP contribution in [-0.4, -0.2) is 42.5 Å². The minimum Gasteiger partial charge on any atom is -0.454 e. The van der Waals surface area contributed by atoms with Crippen LogP contribution in [0.5, 0.6) is 11.5 Å². The molecule has 5 atom stereocenters. The number of piperidine rings is 2. The van der Waals surface area contributed by atoms with E-state index < -0.39 is 0 Å². The maximum absolute atomic E-state index is 12.5. The predicted molar refractivity (Wildman–Crippen MR) is 96.5 cm³/mol. The van der Waals surface area contributed by atoms with Crippen molar-refractivity contribution in [2.45, 2.75) is 57.2 Å². The van der Waals surface area contributed by atoms with E-state index in [1.807, 2.05) is 12.1 Å². The molecule has 6 heteroatoms. The number of carbonyl (C=O) groups excluding carboxylic acids is 1. The molecule has 3 heterocycles. The zero-order chi connectivity index (χ0) is 17.7. The highest BCUT2D eigenvalue weighted by Gasteiger charge is 2.51.